The SMILES string of the molecule is CC(C)(O)C(=O)N1CCC(n2c(=O)[nH]c(=O)c3cnc4ccc(-c5ccc(S(C)(=O)=O)nc5)nc4c32)CC1. The third-order valence-corrected chi connectivity index (χ3v) is 7.66. The Kier molecular flexibility index (Phi) is 6.15. The molecule has 0 spiro atoms. The van der Waals surface area contributed by atoms with E-state index in [1.165, 1.54) is 36.9 Å². The van der Waals surface area contributed by atoms with Gasteiger partial charge in [0.1, 0.15) is 11.1 Å². The largest absolute Gasteiger partial charge is 0.381 e. The minimum absolute atomic E-state index is 0.0658. The first kappa shape index (κ1) is 25.7. The summed E-state index contributed by atoms with van der Waals surface area (Å²) in [5.74, 6) is -0.383. The maximum atomic E-state index is 13.1. The second kappa shape index (κ2) is 9.10. The topological polar surface area (TPSA) is 168 Å². The summed E-state index contributed by atoms with van der Waals surface area (Å²) in [7, 11) is -3.47. The monoisotopic (exact) mass is 538 g/mol. The van der Waals surface area contributed by atoms with Crippen molar-refractivity contribution >= 4 is 37.7 Å². The van der Waals surface area contributed by atoms with Gasteiger partial charge in [0, 0.05) is 43.3 Å². The number of hydrogen-bond acceptors (Lipinski definition) is 9. The lowest BCUT2D eigenvalue weighted by atomic mass is 10.0. The van der Waals surface area contributed by atoms with Crippen molar-refractivity contribution in [3.63, 3.8) is 0 Å². The molecule has 13 heteroatoms. The normalized spacial score (nSPS) is 15.3. The van der Waals surface area contributed by atoms with Crippen molar-refractivity contribution in [2.24, 2.45) is 0 Å². The van der Waals surface area contributed by atoms with Gasteiger partial charge in [0.05, 0.1) is 22.1 Å². The van der Waals surface area contributed by atoms with Crippen LogP contribution in [0.1, 0.15) is 32.7 Å². The summed E-state index contributed by atoms with van der Waals surface area (Å²) in [6, 6.07) is 6.06. The lowest BCUT2D eigenvalue weighted by molar-refractivity contribution is -0.149. The molecule has 2 N–H and O–H groups in total. The molecule has 5 heterocycles. The van der Waals surface area contributed by atoms with Gasteiger partial charge in [0.2, 0.25) is 0 Å². The van der Waals surface area contributed by atoms with Gasteiger partial charge in [-0.1, -0.05) is 0 Å². The van der Waals surface area contributed by atoms with Crippen molar-refractivity contribution in [1.29, 1.82) is 0 Å². The molecule has 4 aromatic heterocycles. The molecular weight excluding hydrogens is 512 g/mol. The molecule has 12 nitrogen and oxygen atoms in total. The number of aliphatic hydroxyl groups is 1. The molecule has 1 saturated heterocycles. The van der Waals surface area contributed by atoms with Gasteiger partial charge in [-0.05, 0) is 51.0 Å². The van der Waals surface area contributed by atoms with Crippen LogP contribution in [0.4, 0.5) is 0 Å². The number of aromatic nitrogens is 5. The van der Waals surface area contributed by atoms with Crippen molar-refractivity contribution in [1.82, 2.24) is 29.4 Å². The lowest BCUT2D eigenvalue weighted by Gasteiger charge is -2.36. The maximum Gasteiger partial charge on any atom is 0.329 e. The van der Waals surface area contributed by atoms with E-state index in [1.807, 2.05) is 0 Å². The van der Waals surface area contributed by atoms with Crippen LogP contribution >= 0.6 is 0 Å². The van der Waals surface area contributed by atoms with Crippen LogP contribution < -0.4 is 11.2 Å². The minimum atomic E-state index is -3.47. The number of pyridine rings is 3. The first-order chi connectivity index (χ1) is 17.8. The fraction of sp³-hybridized carbons (Fsp3) is 0.360. The summed E-state index contributed by atoms with van der Waals surface area (Å²) in [4.78, 5) is 55.4. The predicted octanol–water partition coefficient (Wildman–Crippen LogP) is 1.03. The number of aromatic amines is 1. The number of fused-ring (bicyclic) bond motifs is 3. The standard InChI is InChI=1S/C25H26N6O6S/c1-25(2,35)23(33)30-10-8-15(9-11-30)31-21-16(22(32)29-24(31)34)13-26-18-6-5-17(28-20(18)21)14-4-7-19(27-12-14)38(3,36)37/h4-7,12-13,15,35H,8-11H2,1-3H3,(H,29,32,34). The molecule has 38 heavy (non-hydrogen) atoms. The van der Waals surface area contributed by atoms with E-state index in [4.69, 9.17) is 4.98 Å². The van der Waals surface area contributed by atoms with Crippen LogP contribution in [0.15, 0.2) is 51.3 Å². The molecule has 0 unspecified atom stereocenters. The second-order valence-electron chi connectivity index (χ2n) is 9.95. The highest BCUT2D eigenvalue weighted by Gasteiger charge is 2.33. The van der Waals surface area contributed by atoms with E-state index in [1.54, 1.807) is 23.1 Å². The van der Waals surface area contributed by atoms with Crippen LogP contribution in [-0.4, -0.2) is 73.8 Å². The molecule has 0 saturated carbocycles. The molecule has 5 rings (SSSR count). The third kappa shape index (κ3) is 4.58. The zero-order valence-electron chi connectivity index (χ0n) is 21.0. The maximum absolute atomic E-state index is 13.1. The minimum Gasteiger partial charge on any atom is -0.381 e. The molecule has 4 aromatic rings. The fourth-order valence-electron chi connectivity index (χ4n) is 4.76. The molecule has 1 aliphatic rings. The van der Waals surface area contributed by atoms with Gasteiger partial charge in [0.25, 0.3) is 11.5 Å². The number of H-pyrrole nitrogens is 1. The van der Waals surface area contributed by atoms with Crippen molar-refractivity contribution < 1.29 is 18.3 Å². The summed E-state index contributed by atoms with van der Waals surface area (Å²) < 4.78 is 25.1. The van der Waals surface area contributed by atoms with Gasteiger partial charge in [-0.3, -0.25) is 24.1 Å². The number of piperidine rings is 1. The fourth-order valence-corrected chi connectivity index (χ4v) is 5.32. The molecule has 198 valence electrons. The van der Waals surface area contributed by atoms with Gasteiger partial charge in [0.15, 0.2) is 14.9 Å². The Balaban J connectivity index is 1.63. The number of nitrogens with zero attached hydrogens (tertiary/aromatic N) is 5. The van der Waals surface area contributed by atoms with Gasteiger partial charge < -0.3 is 10.0 Å². The average molecular weight is 539 g/mol. The van der Waals surface area contributed by atoms with Crippen LogP contribution in [0, 0.1) is 0 Å². The Morgan fingerprint density at radius 3 is 2.39 bits per heavy atom. The van der Waals surface area contributed by atoms with E-state index in [2.05, 4.69) is 15.0 Å². The quantitative estimate of drug-likeness (QED) is 0.361. The van der Waals surface area contributed by atoms with Crippen LogP contribution in [0.2, 0.25) is 0 Å². The van der Waals surface area contributed by atoms with Crippen molar-refractivity contribution in [3.8, 4) is 11.3 Å². The molecular formula is C25H26N6O6S. The molecule has 1 aliphatic heterocycles. The smallest absolute Gasteiger partial charge is 0.329 e. The highest BCUT2D eigenvalue weighted by molar-refractivity contribution is 7.90. The van der Waals surface area contributed by atoms with E-state index in [9.17, 15) is 27.9 Å². The van der Waals surface area contributed by atoms with Crippen LogP contribution in [0.25, 0.3) is 33.2 Å². The van der Waals surface area contributed by atoms with Crippen molar-refractivity contribution in [3.05, 3.63) is 57.5 Å². The first-order valence-corrected chi connectivity index (χ1v) is 13.9. The van der Waals surface area contributed by atoms with Gasteiger partial charge in [-0.2, -0.15) is 0 Å². The summed E-state index contributed by atoms with van der Waals surface area (Å²) in [6.07, 6.45) is 4.75. The number of rotatable bonds is 4. The Bertz CT molecular complexity index is 1800. The van der Waals surface area contributed by atoms with E-state index >= 15 is 0 Å². The van der Waals surface area contributed by atoms with Crippen LogP contribution in [0.5, 0.6) is 0 Å². The number of carbonyl (C=O) groups is 1. The molecule has 0 atom stereocenters. The van der Waals surface area contributed by atoms with Crippen molar-refractivity contribution in [2.75, 3.05) is 19.3 Å². The average Bonchev–Trinajstić information content (AvgIpc) is 2.87. The Morgan fingerprint density at radius 1 is 1.08 bits per heavy atom. The molecule has 0 aromatic carbocycles. The van der Waals surface area contributed by atoms with E-state index in [-0.39, 0.29) is 22.4 Å². The molecule has 0 bridgehead atoms. The summed E-state index contributed by atoms with van der Waals surface area (Å²) >= 11 is 0. The predicted molar refractivity (Wildman–Crippen MR) is 139 cm³/mol. The number of amides is 1. The van der Waals surface area contributed by atoms with Gasteiger partial charge in [-0.15, -0.1) is 0 Å². The second-order valence-corrected chi connectivity index (χ2v) is 11.9. The summed E-state index contributed by atoms with van der Waals surface area (Å²) in [5, 5.41) is 10.2. The highest BCUT2D eigenvalue weighted by Crippen LogP contribution is 2.29. The van der Waals surface area contributed by atoms with E-state index in [0.29, 0.717) is 53.7 Å². The zero-order chi connectivity index (χ0) is 27.4. The van der Waals surface area contributed by atoms with Crippen LogP contribution in [-0.2, 0) is 14.6 Å². The zero-order valence-corrected chi connectivity index (χ0v) is 21.8. The molecule has 1 amide bonds. The number of sulfone groups is 1. The molecule has 0 radical (unpaired) electrons. The first-order valence-electron chi connectivity index (χ1n) is 12.0. The Morgan fingerprint density at radius 2 is 1.79 bits per heavy atom. The van der Waals surface area contributed by atoms with E-state index in [0.717, 1.165) is 6.26 Å². The number of hydrogen-bond donors (Lipinski definition) is 2. The molecule has 1 fully saturated rings. The number of likely N-dealkylation sites (tertiary alicyclic amines) is 1. The molecule has 0 aliphatic carbocycles. The highest BCUT2D eigenvalue weighted by atomic mass is 32.2. The van der Waals surface area contributed by atoms with E-state index < -0.39 is 26.7 Å². The summed E-state index contributed by atoms with van der Waals surface area (Å²) in [6.45, 7) is 3.54. The van der Waals surface area contributed by atoms with Gasteiger partial charge in [-0.25, -0.2) is 23.2 Å². The number of carbonyl (C=O) groups excluding carboxylic acids is 1. The van der Waals surface area contributed by atoms with Gasteiger partial charge >= 0.3 is 5.69 Å². The number of nitrogens with one attached hydrogen (secondary N) is 1. The van der Waals surface area contributed by atoms with Crippen LogP contribution in [0.3, 0.4) is 0 Å². The third-order valence-electron chi connectivity index (χ3n) is 6.66. The Hall–Kier alpha value is -3.97. The Labute approximate surface area is 216 Å². The van der Waals surface area contributed by atoms with Crippen molar-refractivity contribution in [2.45, 2.75) is 43.4 Å². The lowest BCUT2D eigenvalue weighted by Crippen LogP contribution is -2.49. The summed E-state index contributed by atoms with van der Waals surface area (Å²) in [5.41, 5.74) is -0.521.